The van der Waals surface area contributed by atoms with Crippen molar-refractivity contribution in [2.75, 3.05) is 21.3 Å². The van der Waals surface area contributed by atoms with Crippen LogP contribution in [0.2, 0.25) is 0 Å². The van der Waals surface area contributed by atoms with Gasteiger partial charge in [-0.1, -0.05) is 36.4 Å². The van der Waals surface area contributed by atoms with Crippen LogP contribution >= 0.6 is 0 Å². The Morgan fingerprint density at radius 1 is 0.972 bits per heavy atom. The maximum absolute atomic E-state index is 13.3. The molecule has 2 heterocycles. The average Bonchev–Trinajstić information content (AvgIpc) is 3.33. The number of nitrogens with zero attached hydrogens (tertiary/aromatic N) is 5. The van der Waals surface area contributed by atoms with Crippen molar-refractivity contribution in [2.45, 2.75) is 12.7 Å². The molecule has 0 saturated heterocycles. The molecule has 1 amide bonds. The summed E-state index contributed by atoms with van der Waals surface area (Å²) in [6.45, 7) is 1.80. The van der Waals surface area contributed by atoms with Crippen molar-refractivity contribution in [1.29, 1.82) is 0 Å². The molecule has 0 aliphatic carbocycles. The summed E-state index contributed by atoms with van der Waals surface area (Å²) >= 11 is 0. The lowest BCUT2D eigenvalue weighted by molar-refractivity contribution is 0.0970. The van der Waals surface area contributed by atoms with Crippen LogP contribution in [0.4, 0.5) is 0 Å². The third-order valence-electron chi connectivity index (χ3n) is 5.16. The Hall–Kier alpha value is -4.32. The van der Waals surface area contributed by atoms with Gasteiger partial charge in [0.2, 0.25) is 23.4 Å². The Kier molecular flexibility index (Phi) is 7.54. The van der Waals surface area contributed by atoms with Gasteiger partial charge in [0, 0.05) is 11.8 Å². The highest BCUT2D eigenvalue weighted by molar-refractivity contribution is 7.82. The van der Waals surface area contributed by atoms with E-state index in [1.165, 1.54) is 25.9 Å². The number of carbonyl (C=O) groups excluding carboxylic acids is 1. The van der Waals surface area contributed by atoms with E-state index in [0.717, 1.165) is 11.1 Å². The minimum absolute atomic E-state index is 0.129. The topological polar surface area (TPSA) is 130 Å². The molecule has 0 spiro atoms. The molecule has 36 heavy (non-hydrogen) atoms. The van der Waals surface area contributed by atoms with E-state index in [9.17, 15) is 9.00 Å². The van der Waals surface area contributed by atoms with Gasteiger partial charge in [-0.2, -0.15) is 4.98 Å². The van der Waals surface area contributed by atoms with Gasteiger partial charge in [0.25, 0.3) is 0 Å². The molecule has 2 aromatic carbocycles. The number of rotatable bonds is 9. The molecular weight excluding hydrogens is 484 g/mol. The lowest BCUT2D eigenvalue weighted by Gasteiger charge is -2.17. The van der Waals surface area contributed by atoms with Crippen LogP contribution in [0.25, 0.3) is 17.3 Å². The first kappa shape index (κ1) is 24.8. The van der Waals surface area contributed by atoms with Gasteiger partial charge in [0.05, 0.1) is 27.1 Å². The lowest BCUT2D eigenvalue weighted by atomic mass is 10.2. The third kappa shape index (κ3) is 5.03. The molecule has 11 nitrogen and oxygen atoms in total. The second-order valence-electron chi connectivity index (χ2n) is 7.49. The van der Waals surface area contributed by atoms with Crippen molar-refractivity contribution in [1.82, 2.24) is 29.5 Å². The summed E-state index contributed by atoms with van der Waals surface area (Å²) in [6, 6.07) is 14.3. The molecule has 4 rings (SSSR count). The van der Waals surface area contributed by atoms with Crippen molar-refractivity contribution < 1.29 is 23.2 Å². The molecule has 0 aliphatic rings. The predicted octanol–water partition coefficient (Wildman–Crippen LogP) is 2.65. The highest BCUT2D eigenvalue weighted by Crippen LogP contribution is 2.36. The number of hydrogen-bond donors (Lipinski definition) is 1. The van der Waals surface area contributed by atoms with Crippen LogP contribution in [0, 0.1) is 6.92 Å². The first-order valence-electron chi connectivity index (χ1n) is 10.7. The number of nitrogens with one attached hydrogen (secondary N) is 1. The number of aryl methyl sites for hydroxylation is 1. The Morgan fingerprint density at radius 2 is 1.67 bits per heavy atom. The van der Waals surface area contributed by atoms with Crippen molar-refractivity contribution in [3.05, 3.63) is 71.7 Å². The summed E-state index contributed by atoms with van der Waals surface area (Å²) in [4.78, 5) is 22.1. The summed E-state index contributed by atoms with van der Waals surface area (Å²) in [6.07, 6.45) is 1.58. The molecule has 0 radical (unpaired) electrons. The standard InChI is InChI=1S/C24H24N6O5S/c1-15-13-25-20(26-24(15)35-4)21-27-28-22(23(31)29-36(32)14-16-9-6-5-7-10-16)30(21)19-17(33-2)11-8-12-18(19)34-3/h5-13H,14H2,1-4H3,(H,29,31). The van der Waals surface area contributed by atoms with E-state index in [-0.39, 0.29) is 23.2 Å². The summed E-state index contributed by atoms with van der Waals surface area (Å²) in [5, 5.41) is 8.28. The quantitative estimate of drug-likeness (QED) is 0.362. The molecule has 0 aliphatic heterocycles. The molecule has 0 bridgehead atoms. The van der Waals surface area contributed by atoms with E-state index in [0.29, 0.717) is 23.1 Å². The second-order valence-corrected chi connectivity index (χ2v) is 8.67. The number of hydrogen-bond acceptors (Lipinski definition) is 9. The summed E-state index contributed by atoms with van der Waals surface area (Å²) in [7, 11) is 2.75. The highest BCUT2D eigenvalue weighted by Gasteiger charge is 2.28. The predicted molar refractivity (Wildman–Crippen MR) is 133 cm³/mol. The Bertz CT molecular complexity index is 1390. The number of methoxy groups -OCH3 is 3. The van der Waals surface area contributed by atoms with Gasteiger partial charge >= 0.3 is 5.91 Å². The minimum atomic E-state index is -1.72. The number of benzene rings is 2. The highest BCUT2D eigenvalue weighted by atomic mass is 32.2. The van der Waals surface area contributed by atoms with Crippen molar-refractivity contribution >= 4 is 16.9 Å². The maximum Gasteiger partial charge on any atom is 0.301 e. The van der Waals surface area contributed by atoms with Crippen molar-refractivity contribution in [3.63, 3.8) is 0 Å². The molecule has 4 aromatic rings. The molecule has 2 aromatic heterocycles. The first-order valence-corrected chi connectivity index (χ1v) is 12.1. The fraction of sp³-hybridized carbons (Fsp3) is 0.208. The Balaban J connectivity index is 1.82. The zero-order chi connectivity index (χ0) is 25.7. The largest absolute Gasteiger partial charge is 0.494 e. The van der Waals surface area contributed by atoms with Crippen LogP contribution in [0.1, 0.15) is 21.7 Å². The zero-order valence-corrected chi connectivity index (χ0v) is 20.9. The van der Waals surface area contributed by atoms with Gasteiger partial charge in [0.1, 0.15) is 28.2 Å². The van der Waals surface area contributed by atoms with Crippen LogP contribution in [0.15, 0.2) is 54.7 Å². The Morgan fingerprint density at radius 3 is 2.31 bits per heavy atom. The first-order chi connectivity index (χ1) is 17.5. The van der Waals surface area contributed by atoms with Crippen LogP contribution in [0.3, 0.4) is 0 Å². The Labute approximate surface area is 210 Å². The van der Waals surface area contributed by atoms with Gasteiger partial charge < -0.3 is 14.2 Å². The van der Waals surface area contributed by atoms with E-state index in [4.69, 9.17) is 14.2 Å². The van der Waals surface area contributed by atoms with E-state index >= 15 is 0 Å². The van der Waals surface area contributed by atoms with E-state index in [1.807, 2.05) is 30.3 Å². The fourth-order valence-electron chi connectivity index (χ4n) is 3.49. The molecule has 0 saturated carbocycles. The summed E-state index contributed by atoms with van der Waals surface area (Å²) < 4.78 is 33.0. The molecule has 0 fully saturated rings. The summed E-state index contributed by atoms with van der Waals surface area (Å²) in [5.74, 6) is 0.660. The average molecular weight is 509 g/mol. The number of carbonyl (C=O) groups is 1. The van der Waals surface area contributed by atoms with Gasteiger partial charge in [-0.3, -0.25) is 14.1 Å². The normalized spacial score (nSPS) is 11.6. The smallest absolute Gasteiger partial charge is 0.301 e. The van der Waals surface area contributed by atoms with Crippen molar-refractivity contribution in [2.24, 2.45) is 0 Å². The zero-order valence-electron chi connectivity index (χ0n) is 20.1. The summed E-state index contributed by atoms with van der Waals surface area (Å²) in [5.41, 5.74) is 1.88. The van der Waals surface area contributed by atoms with Crippen LogP contribution in [-0.2, 0) is 16.7 Å². The molecule has 1 N–H and O–H groups in total. The van der Waals surface area contributed by atoms with Gasteiger partial charge in [-0.05, 0) is 24.6 Å². The van der Waals surface area contributed by atoms with Gasteiger partial charge in [0.15, 0.2) is 0 Å². The number of ether oxygens (including phenoxy) is 3. The minimum Gasteiger partial charge on any atom is -0.494 e. The third-order valence-corrected chi connectivity index (χ3v) is 6.17. The van der Waals surface area contributed by atoms with Crippen molar-refractivity contribution in [3.8, 4) is 34.7 Å². The second kappa shape index (κ2) is 11.0. The maximum atomic E-state index is 13.3. The molecule has 1 unspecified atom stereocenters. The van der Waals surface area contributed by atoms with E-state index < -0.39 is 16.9 Å². The van der Waals surface area contributed by atoms with Crippen LogP contribution < -0.4 is 18.9 Å². The molecule has 1 atom stereocenters. The van der Waals surface area contributed by atoms with E-state index in [1.54, 1.807) is 31.3 Å². The monoisotopic (exact) mass is 508 g/mol. The van der Waals surface area contributed by atoms with Gasteiger partial charge in [-0.25, -0.2) is 9.19 Å². The van der Waals surface area contributed by atoms with Crippen LogP contribution in [0.5, 0.6) is 17.4 Å². The number of para-hydroxylation sites is 1. The molecular formula is C24H24N6O5S. The number of amides is 1. The SMILES string of the molecule is COc1cccc(OC)c1-n1c(C(=O)NS(=O)Cc2ccccc2)nnc1-c1ncc(C)c(OC)n1. The van der Waals surface area contributed by atoms with E-state index in [2.05, 4.69) is 24.9 Å². The fourth-order valence-corrected chi connectivity index (χ4v) is 4.36. The molecule has 12 heteroatoms. The number of aromatic nitrogens is 5. The van der Waals surface area contributed by atoms with Crippen LogP contribution in [-0.4, -0.2) is 56.2 Å². The van der Waals surface area contributed by atoms with Gasteiger partial charge in [-0.15, -0.1) is 10.2 Å². The molecule has 186 valence electrons. The lowest BCUT2D eigenvalue weighted by Crippen LogP contribution is -2.29.